The summed E-state index contributed by atoms with van der Waals surface area (Å²) in [5.74, 6) is 0.753. The van der Waals surface area contributed by atoms with Gasteiger partial charge in [-0.15, -0.1) is 24.2 Å². The third kappa shape index (κ3) is 2.18. The number of rotatable bonds is 1. The van der Waals surface area contributed by atoms with Gasteiger partial charge >= 0.3 is 5.97 Å². The Kier molecular flexibility index (Phi) is 4.10. The van der Waals surface area contributed by atoms with Crippen molar-refractivity contribution < 1.29 is 9.53 Å². The van der Waals surface area contributed by atoms with Crippen LogP contribution < -0.4 is 5.32 Å². The lowest BCUT2D eigenvalue weighted by Gasteiger charge is -2.22. The predicted molar refractivity (Wildman–Crippen MR) is 59.8 cm³/mol. The molecule has 1 aliphatic carbocycles. The minimum absolute atomic E-state index is 0. The van der Waals surface area contributed by atoms with E-state index in [2.05, 4.69) is 5.32 Å². The Morgan fingerprint density at radius 2 is 2.14 bits per heavy atom. The first kappa shape index (κ1) is 12.1. The highest BCUT2D eigenvalue weighted by Gasteiger charge is 2.43. The fraction of sp³-hybridized carbons (Fsp3) is 0.889. The normalized spacial score (nSPS) is 28.8. The van der Waals surface area contributed by atoms with Crippen molar-refractivity contribution in [1.29, 1.82) is 0 Å². The fourth-order valence-electron chi connectivity index (χ4n) is 2.15. The molecular formula is C9H16ClNO2S. The summed E-state index contributed by atoms with van der Waals surface area (Å²) >= 11 is 1.89. The summed E-state index contributed by atoms with van der Waals surface area (Å²) in [7, 11) is 1.45. The van der Waals surface area contributed by atoms with Crippen LogP contribution >= 0.6 is 24.2 Å². The Hall–Kier alpha value is 0.0700. The van der Waals surface area contributed by atoms with Crippen LogP contribution in [-0.2, 0) is 9.53 Å². The second kappa shape index (κ2) is 4.73. The number of carbonyl (C=O) groups is 1. The SMILES string of the molecule is COC(=O)C1CSC2(CCCC2)N1.Cl. The van der Waals surface area contributed by atoms with Gasteiger partial charge in [0.15, 0.2) is 0 Å². The maximum absolute atomic E-state index is 11.3. The molecule has 3 nitrogen and oxygen atoms in total. The zero-order valence-corrected chi connectivity index (χ0v) is 9.88. The molecular weight excluding hydrogens is 222 g/mol. The summed E-state index contributed by atoms with van der Waals surface area (Å²) in [5.41, 5.74) is 0. The Labute approximate surface area is 94.7 Å². The van der Waals surface area contributed by atoms with Crippen LogP contribution in [0.1, 0.15) is 25.7 Å². The minimum atomic E-state index is -0.115. The number of hydrogen-bond donors (Lipinski definition) is 1. The lowest BCUT2D eigenvalue weighted by atomic mass is 10.2. The van der Waals surface area contributed by atoms with Crippen molar-refractivity contribution in [3.63, 3.8) is 0 Å². The Morgan fingerprint density at radius 1 is 1.50 bits per heavy atom. The molecule has 0 aromatic carbocycles. The molecule has 1 saturated carbocycles. The van der Waals surface area contributed by atoms with Crippen molar-refractivity contribution in [3.05, 3.63) is 0 Å². The van der Waals surface area contributed by atoms with Gasteiger partial charge in [-0.05, 0) is 12.8 Å². The molecule has 5 heteroatoms. The zero-order valence-electron chi connectivity index (χ0n) is 8.25. The van der Waals surface area contributed by atoms with E-state index in [9.17, 15) is 4.79 Å². The van der Waals surface area contributed by atoms with Crippen molar-refractivity contribution in [2.75, 3.05) is 12.9 Å². The number of halogens is 1. The van der Waals surface area contributed by atoms with Gasteiger partial charge in [-0.3, -0.25) is 10.1 Å². The third-order valence-electron chi connectivity index (χ3n) is 2.86. The summed E-state index contributed by atoms with van der Waals surface area (Å²) in [6.45, 7) is 0. The maximum Gasteiger partial charge on any atom is 0.323 e. The lowest BCUT2D eigenvalue weighted by molar-refractivity contribution is -0.142. The molecule has 1 saturated heterocycles. The van der Waals surface area contributed by atoms with E-state index < -0.39 is 0 Å². The molecule has 14 heavy (non-hydrogen) atoms. The average Bonchev–Trinajstić information content (AvgIpc) is 2.76. The van der Waals surface area contributed by atoms with Crippen LogP contribution in [0.3, 0.4) is 0 Å². The van der Waals surface area contributed by atoms with E-state index in [1.807, 2.05) is 11.8 Å². The number of nitrogens with one attached hydrogen (secondary N) is 1. The van der Waals surface area contributed by atoms with Crippen LogP contribution in [0.4, 0.5) is 0 Å². The molecule has 0 aromatic rings. The standard InChI is InChI=1S/C9H15NO2S.ClH/c1-12-8(11)7-6-13-9(10-7)4-2-3-5-9;/h7,10H,2-6H2,1H3;1H. The average molecular weight is 238 g/mol. The van der Waals surface area contributed by atoms with E-state index in [1.54, 1.807) is 0 Å². The van der Waals surface area contributed by atoms with E-state index in [0.717, 1.165) is 5.75 Å². The van der Waals surface area contributed by atoms with Gasteiger partial charge in [0.2, 0.25) is 0 Å². The molecule has 0 radical (unpaired) electrons. The van der Waals surface area contributed by atoms with Crippen molar-refractivity contribution in [2.24, 2.45) is 0 Å². The number of esters is 1. The molecule has 2 fully saturated rings. The first-order valence-electron chi connectivity index (χ1n) is 4.75. The lowest BCUT2D eigenvalue weighted by Crippen LogP contribution is -2.43. The largest absolute Gasteiger partial charge is 0.468 e. The second-order valence-electron chi connectivity index (χ2n) is 3.73. The first-order chi connectivity index (χ1) is 6.26. The van der Waals surface area contributed by atoms with Crippen LogP contribution in [0.15, 0.2) is 0 Å². The molecule has 1 heterocycles. The monoisotopic (exact) mass is 237 g/mol. The van der Waals surface area contributed by atoms with E-state index in [0.29, 0.717) is 0 Å². The van der Waals surface area contributed by atoms with E-state index in [4.69, 9.17) is 4.74 Å². The van der Waals surface area contributed by atoms with Crippen molar-refractivity contribution in [3.8, 4) is 0 Å². The van der Waals surface area contributed by atoms with E-state index in [1.165, 1.54) is 32.8 Å². The molecule has 0 aromatic heterocycles. The van der Waals surface area contributed by atoms with E-state index in [-0.39, 0.29) is 29.3 Å². The van der Waals surface area contributed by atoms with Crippen LogP contribution in [0.25, 0.3) is 0 Å². The summed E-state index contributed by atoms with van der Waals surface area (Å²) in [6, 6.07) is -0.0758. The quantitative estimate of drug-likeness (QED) is 0.703. The molecule has 0 bridgehead atoms. The number of carbonyl (C=O) groups excluding carboxylic acids is 1. The Morgan fingerprint density at radius 3 is 2.71 bits per heavy atom. The van der Waals surface area contributed by atoms with Crippen LogP contribution in [-0.4, -0.2) is 29.7 Å². The van der Waals surface area contributed by atoms with Crippen LogP contribution in [0, 0.1) is 0 Å². The molecule has 0 amide bonds. The molecule has 1 aliphatic heterocycles. The molecule has 2 rings (SSSR count). The topological polar surface area (TPSA) is 38.3 Å². The highest BCUT2D eigenvalue weighted by atomic mass is 35.5. The predicted octanol–water partition coefficient (Wildman–Crippen LogP) is 1.56. The molecule has 1 atom stereocenters. The van der Waals surface area contributed by atoms with Gasteiger partial charge in [-0.2, -0.15) is 0 Å². The van der Waals surface area contributed by atoms with Crippen LogP contribution in [0.5, 0.6) is 0 Å². The molecule has 82 valence electrons. The summed E-state index contributed by atoms with van der Waals surface area (Å²) < 4.78 is 4.72. The fourth-order valence-corrected chi connectivity index (χ4v) is 3.66. The van der Waals surface area contributed by atoms with Gasteiger partial charge in [-0.1, -0.05) is 12.8 Å². The van der Waals surface area contributed by atoms with Gasteiger partial charge in [-0.25, -0.2) is 0 Å². The second-order valence-corrected chi connectivity index (χ2v) is 5.14. The summed E-state index contributed by atoms with van der Waals surface area (Å²) in [6.07, 6.45) is 4.97. The Balaban J connectivity index is 0.000000980. The van der Waals surface area contributed by atoms with Gasteiger partial charge in [0.1, 0.15) is 6.04 Å². The maximum atomic E-state index is 11.3. The molecule has 1 spiro atoms. The van der Waals surface area contributed by atoms with Gasteiger partial charge in [0.25, 0.3) is 0 Å². The van der Waals surface area contributed by atoms with Crippen molar-refractivity contribution in [1.82, 2.24) is 5.32 Å². The Bertz CT molecular complexity index is 219. The van der Waals surface area contributed by atoms with Crippen LogP contribution in [0.2, 0.25) is 0 Å². The number of thioether (sulfide) groups is 1. The summed E-state index contributed by atoms with van der Waals surface area (Å²) in [5, 5.41) is 3.41. The van der Waals surface area contributed by atoms with Gasteiger partial charge in [0.05, 0.1) is 12.0 Å². The first-order valence-corrected chi connectivity index (χ1v) is 5.74. The molecule has 1 N–H and O–H groups in total. The smallest absolute Gasteiger partial charge is 0.323 e. The van der Waals surface area contributed by atoms with Crippen molar-refractivity contribution in [2.45, 2.75) is 36.6 Å². The third-order valence-corrected chi connectivity index (χ3v) is 4.44. The van der Waals surface area contributed by atoms with Gasteiger partial charge < -0.3 is 4.74 Å². The number of methoxy groups -OCH3 is 1. The van der Waals surface area contributed by atoms with Crippen molar-refractivity contribution >= 4 is 30.1 Å². The molecule has 1 unspecified atom stereocenters. The highest BCUT2D eigenvalue weighted by molar-refractivity contribution is 8.01. The van der Waals surface area contributed by atoms with E-state index >= 15 is 0 Å². The number of ether oxygens (including phenoxy) is 1. The summed E-state index contributed by atoms with van der Waals surface area (Å²) in [4.78, 5) is 11.5. The highest BCUT2D eigenvalue weighted by Crippen LogP contribution is 2.43. The zero-order chi connectivity index (χ0) is 9.31. The van der Waals surface area contributed by atoms with Gasteiger partial charge in [0, 0.05) is 5.75 Å². The minimum Gasteiger partial charge on any atom is -0.468 e. The molecule has 2 aliphatic rings. The number of hydrogen-bond acceptors (Lipinski definition) is 4.